The number of nitrogens with zero attached hydrogens (tertiary/aromatic N) is 3. The second kappa shape index (κ2) is 4.98. The molecular weight excluding hydrogens is 214 g/mol. The zero-order chi connectivity index (χ0) is 12.4. The normalized spacial score (nSPS) is 17.4. The molecule has 0 bridgehead atoms. The number of aromatic nitrogens is 3. The Kier molecular flexibility index (Phi) is 3.60. The van der Waals surface area contributed by atoms with Gasteiger partial charge in [0.25, 0.3) is 0 Å². The van der Waals surface area contributed by atoms with Crippen LogP contribution in [0, 0.1) is 17.8 Å². The summed E-state index contributed by atoms with van der Waals surface area (Å²) in [5.41, 5.74) is 0. The first kappa shape index (κ1) is 12.3. The summed E-state index contributed by atoms with van der Waals surface area (Å²) >= 11 is 0. The van der Waals surface area contributed by atoms with Crippen molar-refractivity contribution in [3.05, 3.63) is 12.2 Å². The van der Waals surface area contributed by atoms with Crippen LogP contribution in [0.4, 0.5) is 0 Å². The first-order chi connectivity index (χ1) is 8.08. The predicted molar refractivity (Wildman–Crippen MR) is 65.5 cm³/mol. The number of carbonyl (C=O) groups is 1. The Morgan fingerprint density at radius 1 is 1.47 bits per heavy atom. The first-order valence-electron chi connectivity index (χ1n) is 6.47. The van der Waals surface area contributed by atoms with Crippen molar-refractivity contribution in [2.24, 2.45) is 17.8 Å². The van der Waals surface area contributed by atoms with E-state index >= 15 is 0 Å². The zero-order valence-electron chi connectivity index (χ0n) is 10.9. The van der Waals surface area contributed by atoms with E-state index in [1.807, 2.05) is 11.6 Å². The molecule has 0 N–H and O–H groups in total. The van der Waals surface area contributed by atoms with Crippen LogP contribution in [0.2, 0.25) is 0 Å². The molecule has 0 radical (unpaired) electrons. The van der Waals surface area contributed by atoms with E-state index in [0.717, 1.165) is 12.4 Å². The van der Waals surface area contributed by atoms with Crippen molar-refractivity contribution in [1.29, 1.82) is 0 Å². The molecule has 4 heteroatoms. The number of carbonyl (C=O) groups excluding carboxylic acids is 1. The summed E-state index contributed by atoms with van der Waals surface area (Å²) in [5, 5.41) is 4.18. The summed E-state index contributed by atoms with van der Waals surface area (Å²) < 4.78 is 1.86. The molecule has 0 aliphatic heterocycles. The summed E-state index contributed by atoms with van der Waals surface area (Å²) in [4.78, 5) is 16.3. The average Bonchev–Trinajstić information content (AvgIpc) is 3.02. The van der Waals surface area contributed by atoms with Crippen molar-refractivity contribution in [1.82, 2.24) is 14.8 Å². The van der Waals surface area contributed by atoms with Crippen LogP contribution in [0.3, 0.4) is 0 Å². The minimum absolute atomic E-state index is 0.194. The first-order valence-corrected chi connectivity index (χ1v) is 6.47. The van der Waals surface area contributed by atoms with Crippen LogP contribution < -0.4 is 0 Å². The maximum atomic E-state index is 12.0. The van der Waals surface area contributed by atoms with Crippen LogP contribution >= 0.6 is 0 Å². The molecule has 1 atom stereocenters. The van der Waals surface area contributed by atoms with E-state index in [9.17, 15) is 4.79 Å². The molecule has 0 aromatic carbocycles. The third-order valence-electron chi connectivity index (χ3n) is 3.40. The Morgan fingerprint density at radius 3 is 2.76 bits per heavy atom. The molecule has 1 heterocycles. The van der Waals surface area contributed by atoms with Crippen molar-refractivity contribution in [2.45, 2.75) is 46.6 Å². The van der Waals surface area contributed by atoms with E-state index in [1.54, 1.807) is 6.33 Å². The lowest BCUT2D eigenvalue weighted by atomic mass is 9.98. The summed E-state index contributed by atoms with van der Waals surface area (Å²) in [6.07, 6.45) is 4.41. The molecule has 1 aliphatic carbocycles. The maximum absolute atomic E-state index is 12.0. The second-order valence-electron chi connectivity index (χ2n) is 5.52. The van der Waals surface area contributed by atoms with Crippen molar-refractivity contribution in [3.63, 3.8) is 0 Å². The van der Waals surface area contributed by atoms with Gasteiger partial charge in [0.1, 0.15) is 17.9 Å². The molecule has 1 aromatic heterocycles. The van der Waals surface area contributed by atoms with Gasteiger partial charge in [-0.05, 0) is 24.7 Å². The quantitative estimate of drug-likeness (QED) is 0.758. The molecule has 17 heavy (non-hydrogen) atoms. The fourth-order valence-electron chi connectivity index (χ4n) is 2.10. The van der Waals surface area contributed by atoms with Gasteiger partial charge in [-0.15, -0.1) is 0 Å². The van der Waals surface area contributed by atoms with Gasteiger partial charge in [0.05, 0.1) is 6.42 Å². The van der Waals surface area contributed by atoms with E-state index in [4.69, 9.17) is 0 Å². The van der Waals surface area contributed by atoms with Crippen molar-refractivity contribution in [2.75, 3.05) is 0 Å². The fraction of sp³-hybridized carbons (Fsp3) is 0.769. The van der Waals surface area contributed by atoms with E-state index in [-0.39, 0.29) is 5.92 Å². The Labute approximate surface area is 102 Å². The average molecular weight is 235 g/mol. The van der Waals surface area contributed by atoms with Gasteiger partial charge in [0.2, 0.25) is 0 Å². The van der Waals surface area contributed by atoms with Gasteiger partial charge >= 0.3 is 0 Å². The second-order valence-corrected chi connectivity index (χ2v) is 5.52. The molecule has 1 saturated carbocycles. The van der Waals surface area contributed by atoms with Crippen LogP contribution in [0.15, 0.2) is 6.33 Å². The van der Waals surface area contributed by atoms with Gasteiger partial charge in [0, 0.05) is 12.5 Å². The van der Waals surface area contributed by atoms with E-state index in [0.29, 0.717) is 24.0 Å². The number of ketones is 1. The van der Waals surface area contributed by atoms with Gasteiger partial charge in [0.15, 0.2) is 0 Å². The van der Waals surface area contributed by atoms with Crippen LogP contribution in [-0.2, 0) is 17.8 Å². The lowest BCUT2D eigenvalue weighted by Gasteiger charge is -2.10. The van der Waals surface area contributed by atoms with Gasteiger partial charge in [-0.3, -0.25) is 4.79 Å². The molecular formula is C13H21N3O. The highest BCUT2D eigenvalue weighted by Gasteiger charge is 2.32. The maximum Gasteiger partial charge on any atom is 0.143 e. The molecule has 1 unspecified atom stereocenters. The van der Waals surface area contributed by atoms with Crippen molar-refractivity contribution < 1.29 is 4.79 Å². The van der Waals surface area contributed by atoms with E-state index < -0.39 is 0 Å². The molecule has 0 amide bonds. The lowest BCUT2D eigenvalue weighted by molar-refractivity contribution is -0.122. The Bertz CT molecular complexity index is 393. The van der Waals surface area contributed by atoms with Gasteiger partial charge in [-0.2, -0.15) is 5.10 Å². The molecule has 1 aliphatic rings. The van der Waals surface area contributed by atoms with E-state index in [1.165, 1.54) is 12.8 Å². The van der Waals surface area contributed by atoms with Crippen LogP contribution in [0.5, 0.6) is 0 Å². The molecule has 0 saturated heterocycles. The highest BCUT2D eigenvalue weighted by atomic mass is 16.1. The molecule has 2 rings (SSSR count). The monoisotopic (exact) mass is 235 g/mol. The van der Waals surface area contributed by atoms with Crippen LogP contribution in [-0.4, -0.2) is 20.5 Å². The zero-order valence-corrected chi connectivity index (χ0v) is 10.9. The Hall–Kier alpha value is -1.19. The summed E-state index contributed by atoms with van der Waals surface area (Å²) in [6, 6.07) is 0. The third kappa shape index (κ3) is 3.14. The summed E-state index contributed by atoms with van der Waals surface area (Å²) in [5.74, 6) is 2.47. The highest BCUT2D eigenvalue weighted by Crippen LogP contribution is 2.37. The van der Waals surface area contributed by atoms with Gasteiger partial charge in [-0.25, -0.2) is 9.67 Å². The van der Waals surface area contributed by atoms with E-state index in [2.05, 4.69) is 23.9 Å². The minimum atomic E-state index is 0.194. The summed E-state index contributed by atoms with van der Waals surface area (Å²) in [6.45, 7) is 7.16. The lowest BCUT2D eigenvalue weighted by Crippen LogP contribution is -2.19. The van der Waals surface area contributed by atoms with Crippen molar-refractivity contribution in [3.8, 4) is 0 Å². The van der Waals surface area contributed by atoms with Crippen molar-refractivity contribution >= 4 is 5.78 Å². The van der Waals surface area contributed by atoms with Crippen LogP contribution in [0.25, 0.3) is 0 Å². The fourth-order valence-corrected chi connectivity index (χ4v) is 2.10. The third-order valence-corrected chi connectivity index (χ3v) is 3.40. The molecule has 1 fully saturated rings. The van der Waals surface area contributed by atoms with Gasteiger partial charge in [-0.1, -0.05) is 20.8 Å². The number of hydrogen-bond acceptors (Lipinski definition) is 3. The smallest absolute Gasteiger partial charge is 0.143 e. The predicted octanol–water partition coefficient (Wildman–Crippen LogP) is 2.09. The SMILES string of the molecule is CC(C)Cn1ncnc1CC(=O)C(C)C1CC1. The summed E-state index contributed by atoms with van der Waals surface area (Å²) in [7, 11) is 0. The highest BCUT2D eigenvalue weighted by molar-refractivity contribution is 5.82. The van der Waals surface area contributed by atoms with Crippen LogP contribution in [0.1, 0.15) is 39.4 Å². The topological polar surface area (TPSA) is 47.8 Å². The molecule has 0 spiro atoms. The molecule has 1 aromatic rings. The number of Topliss-reactive ketones (excluding diaryl/α,β-unsaturated/α-hetero) is 1. The minimum Gasteiger partial charge on any atom is -0.299 e. The molecule has 4 nitrogen and oxygen atoms in total. The standard InChI is InChI=1S/C13H21N3O/c1-9(2)7-16-13(14-8-15-16)6-12(17)10(3)11-4-5-11/h8-11H,4-7H2,1-3H3. The van der Waals surface area contributed by atoms with Gasteiger partial charge < -0.3 is 0 Å². The number of rotatable bonds is 6. The Balaban J connectivity index is 1.97. The molecule has 94 valence electrons. The Morgan fingerprint density at radius 2 is 2.18 bits per heavy atom. The number of hydrogen-bond donors (Lipinski definition) is 0. The largest absolute Gasteiger partial charge is 0.299 e.